The first-order valence-corrected chi connectivity index (χ1v) is 6.38. The van der Waals surface area contributed by atoms with Crippen LogP contribution in [-0.4, -0.2) is 23.2 Å². The first-order valence-electron chi connectivity index (χ1n) is 6.38. The minimum Gasteiger partial charge on any atom is -0.394 e. The largest absolute Gasteiger partial charge is 0.394 e. The van der Waals surface area contributed by atoms with Gasteiger partial charge in [-0.1, -0.05) is 30.7 Å². The Balaban J connectivity index is 2.73. The highest BCUT2D eigenvalue weighted by Gasteiger charge is 2.23. The monoisotopic (exact) mass is 249 g/mol. The molecule has 1 amide bonds. The Morgan fingerprint density at radius 3 is 2.61 bits per heavy atom. The highest BCUT2D eigenvalue weighted by atomic mass is 16.3. The van der Waals surface area contributed by atoms with Crippen LogP contribution in [0.5, 0.6) is 0 Å². The molecule has 0 fully saturated rings. The number of hydrogen-bond donors (Lipinski definition) is 2. The third-order valence-electron chi connectivity index (χ3n) is 3.43. The third-order valence-corrected chi connectivity index (χ3v) is 3.43. The minimum absolute atomic E-state index is 0.0396. The lowest BCUT2D eigenvalue weighted by Crippen LogP contribution is -2.49. The van der Waals surface area contributed by atoms with E-state index in [1.54, 1.807) is 0 Å². The van der Waals surface area contributed by atoms with Crippen LogP contribution in [-0.2, 0) is 11.2 Å². The van der Waals surface area contributed by atoms with Crippen LogP contribution in [0.1, 0.15) is 37.0 Å². The number of aliphatic hydroxyl groups is 1. The van der Waals surface area contributed by atoms with Gasteiger partial charge in [-0.25, -0.2) is 0 Å². The summed E-state index contributed by atoms with van der Waals surface area (Å²) >= 11 is 0. The van der Waals surface area contributed by atoms with Crippen molar-refractivity contribution in [2.24, 2.45) is 0 Å². The van der Waals surface area contributed by atoms with Crippen LogP contribution in [0.4, 0.5) is 0 Å². The van der Waals surface area contributed by atoms with Gasteiger partial charge >= 0.3 is 0 Å². The van der Waals surface area contributed by atoms with E-state index in [1.807, 2.05) is 45.9 Å². The van der Waals surface area contributed by atoms with Crippen LogP contribution in [0, 0.1) is 13.8 Å². The van der Waals surface area contributed by atoms with Gasteiger partial charge in [0.05, 0.1) is 18.6 Å². The van der Waals surface area contributed by atoms with Crippen molar-refractivity contribution in [3.05, 3.63) is 34.9 Å². The summed E-state index contributed by atoms with van der Waals surface area (Å²) in [6, 6.07) is 6.11. The number of benzene rings is 1. The maximum Gasteiger partial charge on any atom is 0.224 e. The summed E-state index contributed by atoms with van der Waals surface area (Å²) in [4.78, 5) is 12.0. The molecular weight excluding hydrogens is 226 g/mol. The van der Waals surface area contributed by atoms with Gasteiger partial charge < -0.3 is 10.4 Å². The number of amides is 1. The molecule has 0 heterocycles. The molecular formula is C15H23NO2. The average molecular weight is 249 g/mol. The number of rotatable bonds is 5. The van der Waals surface area contributed by atoms with Gasteiger partial charge in [-0.2, -0.15) is 0 Å². The maximum absolute atomic E-state index is 12.0. The molecule has 0 bridgehead atoms. The Bertz CT molecular complexity index is 423. The van der Waals surface area contributed by atoms with Gasteiger partial charge in [-0.3, -0.25) is 4.79 Å². The van der Waals surface area contributed by atoms with Crippen LogP contribution >= 0.6 is 0 Å². The van der Waals surface area contributed by atoms with Gasteiger partial charge in [0.2, 0.25) is 5.91 Å². The highest BCUT2D eigenvalue weighted by molar-refractivity contribution is 5.79. The zero-order chi connectivity index (χ0) is 13.8. The smallest absolute Gasteiger partial charge is 0.224 e. The van der Waals surface area contributed by atoms with E-state index >= 15 is 0 Å². The van der Waals surface area contributed by atoms with Crippen molar-refractivity contribution in [3.8, 4) is 0 Å². The number of carbonyl (C=O) groups excluding carboxylic acids is 1. The molecule has 18 heavy (non-hydrogen) atoms. The van der Waals surface area contributed by atoms with E-state index in [0.29, 0.717) is 12.8 Å². The topological polar surface area (TPSA) is 49.3 Å². The van der Waals surface area contributed by atoms with Crippen LogP contribution in [0.25, 0.3) is 0 Å². The summed E-state index contributed by atoms with van der Waals surface area (Å²) < 4.78 is 0. The quantitative estimate of drug-likeness (QED) is 0.840. The first-order chi connectivity index (χ1) is 8.40. The van der Waals surface area contributed by atoms with Gasteiger partial charge in [-0.05, 0) is 38.3 Å². The Labute approximate surface area is 109 Å². The van der Waals surface area contributed by atoms with E-state index in [0.717, 1.165) is 16.7 Å². The lowest BCUT2D eigenvalue weighted by Gasteiger charge is -2.27. The molecule has 3 heteroatoms. The number of aliphatic hydroxyl groups excluding tert-OH is 1. The fourth-order valence-electron chi connectivity index (χ4n) is 1.78. The Morgan fingerprint density at radius 2 is 2.06 bits per heavy atom. The second-order valence-corrected chi connectivity index (χ2v) is 5.23. The zero-order valence-corrected chi connectivity index (χ0v) is 11.7. The van der Waals surface area contributed by atoms with Crippen LogP contribution < -0.4 is 5.32 Å². The van der Waals surface area contributed by atoms with E-state index in [2.05, 4.69) is 5.32 Å². The maximum atomic E-state index is 12.0. The minimum atomic E-state index is -0.519. The molecule has 0 aromatic heterocycles. The number of nitrogens with one attached hydrogen (secondary N) is 1. The zero-order valence-electron chi connectivity index (χ0n) is 11.7. The lowest BCUT2D eigenvalue weighted by molar-refractivity contribution is -0.122. The molecule has 1 aromatic carbocycles. The summed E-state index contributed by atoms with van der Waals surface area (Å²) in [6.07, 6.45) is 1.07. The van der Waals surface area contributed by atoms with E-state index in [9.17, 15) is 9.90 Å². The molecule has 0 saturated heterocycles. The molecule has 1 rings (SSSR count). The van der Waals surface area contributed by atoms with E-state index in [-0.39, 0.29) is 12.5 Å². The standard InChI is InChI=1S/C15H23NO2/c1-5-15(4,10-17)16-14(18)9-13-8-11(2)6-7-12(13)3/h6-8,17H,5,9-10H2,1-4H3,(H,16,18). The second-order valence-electron chi connectivity index (χ2n) is 5.23. The molecule has 0 spiro atoms. The average Bonchev–Trinajstić information content (AvgIpc) is 2.33. The molecule has 0 aliphatic rings. The van der Waals surface area contributed by atoms with Crippen molar-refractivity contribution >= 4 is 5.91 Å². The van der Waals surface area contributed by atoms with E-state index in [1.165, 1.54) is 0 Å². The molecule has 2 N–H and O–H groups in total. The summed E-state index contributed by atoms with van der Waals surface area (Å²) in [5.41, 5.74) is 2.81. The fourth-order valence-corrected chi connectivity index (χ4v) is 1.78. The lowest BCUT2D eigenvalue weighted by atomic mass is 9.98. The number of aryl methyl sites for hydroxylation is 2. The van der Waals surface area contributed by atoms with E-state index < -0.39 is 5.54 Å². The Kier molecular flexibility index (Phi) is 4.91. The van der Waals surface area contributed by atoms with E-state index in [4.69, 9.17) is 0 Å². The molecule has 3 nitrogen and oxygen atoms in total. The predicted molar refractivity (Wildman–Crippen MR) is 73.5 cm³/mol. The van der Waals surface area contributed by atoms with Gasteiger partial charge in [0.25, 0.3) is 0 Å². The molecule has 1 atom stereocenters. The van der Waals surface area contributed by atoms with Gasteiger partial charge in [-0.15, -0.1) is 0 Å². The number of hydrogen-bond acceptors (Lipinski definition) is 2. The van der Waals surface area contributed by atoms with Crippen molar-refractivity contribution in [1.29, 1.82) is 0 Å². The van der Waals surface area contributed by atoms with Crippen LogP contribution in [0.15, 0.2) is 18.2 Å². The van der Waals surface area contributed by atoms with Crippen LogP contribution in [0.3, 0.4) is 0 Å². The molecule has 0 aliphatic heterocycles. The molecule has 1 aromatic rings. The normalized spacial score (nSPS) is 14.1. The Morgan fingerprint density at radius 1 is 1.39 bits per heavy atom. The summed E-state index contributed by atoms with van der Waals surface area (Å²) in [5, 5.41) is 12.2. The van der Waals surface area contributed by atoms with Gasteiger partial charge in [0.15, 0.2) is 0 Å². The molecule has 0 saturated carbocycles. The van der Waals surface area contributed by atoms with Crippen molar-refractivity contribution in [2.75, 3.05) is 6.61 Å². The SMILES string of the molecule is CCC(C)(CO)NC(=O)Cc1cc(C)ccc1C. The van der Waals surface area contributed by atoms with Crippen molar-refractivity contribution < 1.29 is 9.90 Å². The molecule has 0 aliphatic carbocycles. The highest BCUT2D eigenvalue weighted by Crippen LogP contribution is 2.13. The van der Waals surface area contributed by atoms with Crippen LogP contribution in [0.2, 0.25) is 0 Å². The fraction of sp³-hybridized carbons (Fsp3) is 0.533. The van der Waals surface area contributed by atoms with Crippen molar-refractivity contribution in [3.63, 3.8) is 0 Å². The summed E-state index contributed by atoms with van der Waals surface area (Å²) in [7, 11) is 0. The molecule has 100 valence electrons. The second kappa shape index (κ2) is 6.01. The number of carbonyl (C=O) groups is 1. The van der Waals surface area contributed by atoms with Crippen molar-refractivity contribution in [1.82, 2.24) is 5.32 Å². The summed E-state index contributed by atoms with van der Waals surface area (Å²) in [6.45, 7) is 7.79. The van der Waals surface area contributed by atoms with Gasteiger partial charge in [0.1, 0.15) is 0 Å². The Hall–Kier alpha value is -1.35. The molecule has 1 unspecified atom stereocenters. The van der Waals surface area contributed by atoms with Crippen molar-refractivity contribution in [2.45, 2.75) is 46.1 Å². The molecule has 0 radical (unpaired) electrons. The first kappa shape index (κ1) is 14.7. The predicted octanol–water partition coefficient (Wildman–Crippen LogP) is 2.12. The third kappa shape index (κ3) is 3.84. The van der Waals surface area contributed by atoms with Gasteiger partial charge in [0, 0.05) is 0 Å². The summed E-state index contributed by atoms with van der Waals surface area (Å²) in [5.74, 6) is -0.0397.